The maximum absolute atomic E-state index is 6.18. The smallest absolute Gasteiger partial charge is 0.321 e. The van der Waals surface area contributed by atoms with E-state index < -0.39 is 0 Å². The molecule has 0 aliphatic carbocycles. The van der Waals surface area contributed by atoms with Gasteiger partial charge in [0.25, 0.3) is 0 Å². The number of rotatable bonds is 13. The van der Waals surface area contributed by atoms with Crippen LogP contribution in [0, 0.1) is 0 Å². The van der Waals surface area contributed by atoms with Crippen molar-refractivity contribution in [1.82, 2.24) is 48.6 Å². The normalized spacial score (nSPS) is 12.0. The Hall–Kier alpha value is -15.6. The molecule has 0 aliphatic heterocycles. The first-order chi connectivity index (χ1) is 59.0. The van der Waals surface area contributed by atoms with Crippen LogP contribution in [-0.2, 0) is 21.1 Å². The minimum absolute atomic E-state index is 0.124. The molecule has 0 atom stereocenters. The number of benzene rings is 18. The van der Waals surface area contributed by atoms with Crippen LogP contribution in [0.15, 0.2) is 291 Å². The van der Waals surface area contributed by atoms with E-state index in [0.717, 1.165) is 237 Å². The summed E-state index contributed by atoms with van der Waals surface area (Å²) in [6, 6.07) is 105. The SMILES string of the molecule is COc1ccc(-c2nc3c4cc(-c5ccccc5)ccc4c4ccc(-c5ccc6c7ccc(-c8ccc9c%10ccc(-c%11ccc%12c%13ccc(-c%14ccccc%14)cc%13c%13c(nc(-c%14c(OC)ccc%15ccccc%14%15)n%13C)c%12c%11)cc%10c%10nc(-c%11ccc(OC)cc%11)n(C)c%10c9c8)cc7c7nc8c(OC)nc(OC)nc8nc7c6c5)cc4c3n2C)cc1. The molecule has 0 spiro atoms. The summed E-state index contributed by atoms with van der Waals surface area (Å²) >= 11 is 0. The Morgan fingerprint density at radius 2 is 0.558 bits per heavy atom. The Balaban J connectivity index is 0.692. The van der Waals surface area contributed by atoms with Crippen molar-refractivity contribution < 1.29 is 23.7 Å². The second-order valence-electron chi connectivity index (χ2n) is 31.0. The number of hydrogen-bond acceptors (Lipinski definition) is 12. The molecule has 0 radical (unpaired) electrons. The molecule has 23 rings (SSSR count). The number of nitrogens with zero attached hydrogens (tertiary/aromatic N) is 10. The van der Waals surface area contributed by atoms with E-state index in [9.17, 15) is 0 Å². The standard InChI is InChI=1S/C105H72N10O5/c1-113-97-87-56-69(34-46-79(87)75-40-27-62(57-17-11-9-12-18-57)49-83(75)93(97)108-101(113)60-23-36-70(116-4)37-24-60)65-30-42-74-73-41-29-64(50-81(73)91-92(82(74)51-65)107-100-96(106-91)104(119-7)112-105(111-100)120-8)68-33-47-80-76-43-31-66(52-84(76)94-98(88(80)55-68)114(2)102(109-94)61-25-38-71(117-5)39-26-61)67-32-44-77-78-45-28-63(58-19-13-10-14-20-58)54-86(78)99-95(85(77)53-67)110-103(115(99)3)90-72-22-16-15-21-59(72)35-48-89(90)118-6/h9-56H,1-8H3. The first-order valence-corrected chi connectivity index (χ1v) is 40.0. The molecule has 15 heteroatoms. The predicted octanol–water partition coefficient (Wildman–Crippen LogP) is 25.0. The summed E-state index contributed by atoms with van der Waals surface area (Å²) < 4.78 is 35.8. The maximum atomic E-state index is 6.18. The fourth-order valence-electron chi connectivity index (χ4n) is 18.9. The summed E-state index contributed by atoms with van der Waals surface area (Å²) in [5.74, 6) is 5.08. The van der Waals surface area contributed by atoms with Crippen molar-refractivity contribution in [2.75, 3.05) is 35.5 Å². The van der Waals surface area contributed by atoms with Crippen LogP contribution in [0.1, 0.15) is 0 Å². The summed E-state index contributed by atoms with van der Waals surface area (Å²) in [6.07, 6.45) is 0. The molecule has 0 saturated carbocycles. The number of fused-ring (bicyclic) bond motifs is 26. The highest BCUT2D eigenvalue weighted by atomic mass is 16.5. The minimum atomic E-state index is 0.124. The van der Waals surface area contributed by atoms with Crippen LogP contribution < -0.4 is 23.7 Å². The van der Waals surface area contributed by atoms with Crippen LogP contribution >= 0.6 is 0 Å². The van der Waals surface area contributed by atoms with Crippen LogP contribution in [0.5, 0.6) is 29.1 Å². The molecule has 18 aromatic carbocycles. The average Bonchev–Trinajstić information content (AvgIpc) is 1.48. The van der Waals surface area contributed by atoms with Crippen LogP contribution in [0.4, 0.5) is 0 Å². The van der Waals surface area contributed by atoms with Gasteiger partial charge in [-0.1, -0.05) is 188 Å². The van der Waals surface area contributed by atoms with E-state index in [2.05, 4.69) is 307 Å². The second kappa shape index (κ2) is 27.0. The van der Waals surface area contributed by atoms with Gasteiger partial charge in [-0.3, -0.25) is 0 Å². The first-order valence-electron chi connectivity index (χ1n) is 40.0. The molecule has 572 valence electrons. The predicted molar refractivity (Wildman–Crippen MR) is 489 cm³/mol. The summed E-state index contributed by atoms with van der Waals surface area (Å²) in [4.78, 5) is 37.3. The summed E-state index contributed by atoms with van der Waals surface area (Å²) in [6.45, 7) is 0. The van der Waals surface area contributed by atoms with Gasteiger partial charge < -0.3 is 37.4 Å². The van der Waals surface area contributed by atoms with E-state index in [1.807, 2.05) is 24.3 Å². The molecule has 15 nitrogen and oxygen atoms in total. The molecule has 120 heavy (non-hydrogen) atoms. The van der Waals surface area contributed by atoms with Crippen molar-refractivity contribution in [3.63, 3.8) is 0 Å². The van der Waals surface area contributed by atoms with Crippen LogP contribution in [0.25, 0.3) is 242 Å². The lowest BCUT2D eigenvalue weighted by Gasteiger charge is -2.15. The molecule has 5 heterocycles. The van der Waals surface area contributed by atoms with Crippen LogP contribution in [0.2, 0.25) is 0 Å². The zero-order valence-corrected chi connectivity index (χ0v) is 66.7. The number of methoxy groups -OCH3 is 5. The zero-order chi connectivity index (χ0) is 80.4. The van der Waals surface area contributed by atoms with Crippen molar-refractivity contribution >= 4 is 152 Å². The summed E-state index contributed by atoms with van der Waals surface area (Å²) in [5.41, 5.74) is 21.5. The first kappa shape index (κ1) is 69.9. The van der Waals surface area contributed by atoms with E-state index in [1.165, 1.54) is 0 Å². The molecule has 0 saturated heterocycles. The van der Waals surface area contributed by atoms with Gasteiger partial charge in [0.1, 0.15) is 34.7 Å². The number of hydrogen-bond donors (Lipinski definition) is 0. The molecule has 0 aliphatic rings. The molecular weight excluding hydrogens is 1480 g/mol. The monoisotopic (exact) mass is 1550 g/mol. The Morgan fingerprint density at radius 3 is 0.950 bits per heavy atom. The third-order valence-corrected chi connectivity index (χ3v) is 24.7. The van der Waals surface area contributed by atoms with Gasteiger partial charge in [-0.05, 0) is 213 Å². The van der Waals surface area contributed by atoms with Crippen LogP contribution in [-0.4, -0.2) is 84.1 Å². The van der Waals surface area contributed by atoms with Crippen molar-refractivity contribution in [3.05, 3.63) is 291 Å². The highest BCUT2D eigenvalue weighted by Crippen LogP contribution is 2.49. The average molecular weight is 1550 g/mol. The van der Waals surface area contributed by atoms with Gasteiger partial charge >= 0.3 is 6.01 Å². The van der Waals surface area contributed by atoms with Crippen molar-refractivity contribution in [3.8, 4) is 119 Å². The lowest BCUT2D eigenvalue weighted by atomic mass is 9.90. The van der Waals surface area contributed by atoms with Gasteiger partial charge in [-0.2, -0.15) is 9.97 Å². The van der Waals surface area contributed by atoms with Gasteiger partial charge in [-0.15, -0.1) is 0 Å². The van der Waals surface area contributed by atoms with E-state index in [0.29, 0.717) is 22.2 Å². The molecule has 0 fully saturated rings. The molecule has 23 aromatic rings. The molecule has 0 N–H and O–H groups in total. The van der Waals surface area contributed by atoms with Gasteiger partial charge in [0.05, 0.1) is 85.2 Å². The van der Waals surface area contributed by atoms with Crippen molar-refractivity contribution in [1.29, 1.82) is 0 Å². The van der Waals surface area contributed by atoms with Crippen molar-refractivity contribution in [2.45, 2.75) is 0 Å². The lowest BCUT2D eigenvalue weighted by molar-refractivity contribution is 0.356. The molecule has 5 aromatic heterocycles. The Labute approximate surface area is 687 Å². The number of imidazole rings is 3. The van der Waals surface area contributed by atoms with Crippen LogP contribution in [0.3, 0.4) is 0 Å². The molecular formula is C105H72N10O5. The van der Waals surface area contributed by atoms with Gasteiger partial charge in [0, 0.05) is 75.4 Å². The number of aryl methyl sites for hydroxylation is 3. The fourth-order valence-corrected chi connectivity index (χ4v) is 18.9. The largest absolute Gasteiger partial charge is 0.497 e. The number of ether oxygens (including phenoxy) is 5. The van der Waals surface area contributed by atoms with E-state index in [1.54, 1.807) is 35.5 Å². The molecule has 0 bridgehead atoms. The number of aromatic nitrogens is 10. The Kier molecular flexibility index (Phi) is 15.7. The third kappa shape index (κ3) is 10.6. The van der Waals surface area contributed by atoms with Crippen molar-refractivity contribution in [2.24, 2.45) is 21.1 Å². The zero-order valence-electron chi connectivity index (χ0n) is 66.7. The highest BCUT2D eigenvalue weighted by molar-refractivity contribution is 6.30. The Bertz CT molecular complexity index is 8350. The van der Waals surface area contributed by atoms with E-state index in [-0.39, 0.29) is 11.9 Å². The van der Waals surface area contributed by atoms with E-state index >= 15 is 0 Å². The van der Waals surface area contributed by atoms with Gasteiger partial charge in [0.2, 0.25) is 5.88 Å². The molecule has 0 unspecified atom stereocenters. The minimum Gasteiger partial charge on any atom is -0.497 e. The van der Waals surface area contributed by atoms with Gasteiger partial charge in [0.15, 0.2) is 11.2 Å². The maximum Gasteiger partial charge on any atom is 0.321 e. The van der Waals surface area contributed by atoms with Gasteiger partial charge in [-0.25, -0.2) is 24.9 Å². The summed E-state index contributed by atoms with van der Waals surface area (Å²) in [7, 11) is 14.6. The summed E-state index contributed by atoms with van der Waals surface area (Å²) in [5, 5.41) is 19.1. The quantitative estimate of drug-likeness (QED) is 0.0798. The lowest BCUT2D eigenvalue weighted by Crippen LogP contribution is -2.01. The highest BCUT2D eigenvalue weighted by Gasteiger charge is 2.27. The third-order valence-electron chi connectivity index (χ3n) is 24.7. The van der Waals surface area contributed by atoms with E-state index in [4.69, 9.17) is 53.6 Å². The molecule has 0 amide bonds. The topological polar surface area (TPSA) is 151 Å². The fraction of sp³-hybridized carbons (Fsp3) is 0.0762. The Morgan fingerprint density at radius 1 is 0.217 bits per heavy atom. The second-order valence-corrected chi connectivity index (χ2v) is 31.0.